The lowest BCUT2D eigenvalue weighted by molar-refractivity contribution is 0.232. The Labute approximate surface area is 153 Å². The summed E-state index contributed by atoms with van der Waals surface area (Å²) in [5, 5.41) is 0. The van der Waals surface area contributed by atoms with Gasteiger partial charge in [0.1, 0.15) is 17.3 Å². The molecule has 1 aromatic heterocycles. The maximum absolute atomic E-state index is 12.4. The molecule has 0 amide bonds. The first-order valence-corrected chi connectivity index (χ1v) is 9.21. The summed E-state index contributed by atoms with van der Waals surface area (Å²) in [6, 6.07) is 5.83. The maximum Gasteiger partial charge on any atom is 0.254 e. The van der Waals surface area contributed by atoms with E-state index >= 15 is 0 Å². The van der Waals surface area contributed by atoms with Crippen molar-refractivity contribution in [3.05, 3.63) is 51.2 Å². The molecule has 1 aromatic carbocycles. The van der Waals surface area contributed by atoms with Gasteiger partial charge in [-0.1, -0.05) is 6.07 Å². The van der Waals surface area contributed by atoms with Gasteiger partial charge in [-0.2, -0.15) is 0 Å². The predicted molar refractivity (Wildman–Crippen MR) is 98.6 cm³/mol. The average Bonchev–Trinajstić information content (AvgIpc) is 3.45. The third-order valence-electron chi connectivity index (χ3n) is 5.29. The van der Waals surface area contributed by atoms with Crippen LogP contribution in [0.5, 0.6) is 11.5 Å². The SMILES string of the molecule is COc1cccc(OC)c1CN1CCc2c(nc(CC3CC3)[nH]c2=O)C1. The highest BCUT2D eigenvalue weighted by Crippen LogP contribution is 2.32. The molecule has 0 atom stereocenters. The second-order valence-electron chi connectivity index (χ2n) is 7.19. The van der Waals surface area contributed by atoms with E-state index in [1.807, 2.05) is 18.2 Å². The Hall–Kier alpha value is -2.34. The molecule has 0 saturated heterocycles. The molecule has 2 heterocycles. The van der Waals surface area contributed by atoms with Crippen molar-refractivity contribution in [2.45, 2.75) is 38.8 Å². The zero-order chi connectivity index (χ0) is 18.1. The summed E-state index contributed by atoms with van der Waals surface area (Å²) in [7, 11) is 3.35. The number of ether oxygens (including phenoxy) is 2. The third kappa shape index (κ3) is 3.46. The van der Waals surface area contributed by atoms with Crippen molar-refractivity contribution in [1.29, 1.82) is 0 Å². The van der Waals surface area contributed by atoms with Crippen LogP contribution >= 0.6 is 0 Å². The molecule has 138 valence electrons. The standard InChI is InChI=1S/C20H25N3O3/c1-25-17-4-3-5-18(26-2)15(17)11-23-9-8-14-16(12-23)21-19(22-20(14)24)10-13-6-7-13/h3-5,13H,6-12H2,1-2H3,(H,21,22,24). The molecule has 2 aromatic rings. The van der Waals surface area contributed by atoms with E-state index in [4.69, 9.17) is 14.5 Å². The first-order chi connectivity index (χ1) is 12.7. The molecular weight excluding hydrogens is 330 g/mol. The van der Waals surface area contributed by atoms with Crippen LogP contribution in [0.2, 0.25) is 0 Å². The zero-order valence-corrected chi connectivity index (χ0v) is 15.4. The normalized spacial score (nSPS) is 17.0. The number of fused-ring (bicyclic) bond motifs is 1. The number of methoxy groups -OCH3 is 2. The van der Waals surface area contributed by atoms with Crippen LogP contribution in [0, 0.1) is 5.92 Å². The molecule has 1 aliphatic carbocycles. The van der Waals surface area contributed by atoms with Crippen LogP contribution < -0.4 is 15.0 Å². The quantitative estimate of drug-likeness (QED) is 0.861. The van der Waals surface area contributed by atoms with Gasteiger partial charge < -0.3 is 14.5 Å². The average molecular weight is 355 g/mol. The lowest BCUT2D eigenvalue weighted by Gasteiger charge is -2.28. The largest absolute Gasteiger partial charge is 0.496 e. The number of benzene rings is 1. The van der Waals surface area contributed by atoms with Gasteiger partial charge in [-0.25, -0.2) is 4.98 Å². The van der Waals surface area contributed by atoms with Gasteiger partial charge in [-0.15, -0.1) is 0 Å². The van der Waals surface area contributed by atoms with Crippen LogP contribution in [0.15, 0.2) is 23.0 Å². The minimum atomic E-state index is 0.0418. The summed E-state index contributed by atoms with van der Waals surface area (Å²) < 4.78 is 11.0. The Morgan fingerprint density at radius 3 is 2.62 bits per heavy atom. The molecule has 1 N–H and O–H groups in total. The maximum atomic E-state index is 12.4. The lowest BCUT2D eigenvalue weighted by Crippen LogP contribution is -2.35. The Kier molecular flexibility index (Phi) is 4.68. The van der Waals surface area contributed by atoms with Gasteiger partial charge in [0.15, 0.2) is 0 Å². The number of aromatic nitrogens is 2. The number of H-pyrrole nitrogens is 1. The Morgan fingerprint density at radius 2 is 1.96 bits per heavy atom. The van der Waals surface area contributed by atoms with E-state index in [-0.39, 0.29) is 5.56 Å². The van der Waals surface area contributed by atoms with E-state index in [0.717, 1.165) is 53.5 Å². The Balaban J connectivity index is 1.57. The number of nitrogens with one attached hydrogen (secondary N) is 1. The summed E-state index contributed by atoms with van der Waals surface area (Å²) in [5.41, 5.74) is 2.83. The molecule has 4 rings (SSSR count). The summed E-state index contributed by atoms with van der Waals surface area (Å²) in [5.74, 6) is 3.19. The molecule has 0 bridgehead atoms. The minimum Gasteiger partial charge on any atom is -0.496 e. The summed E-state index contributed by atoms with van der Waals surface area (Å²) >= 11 is 0. The van der Waals surface area contributed by atoms with Gasteiger partial charge in [-0.3, -0.25) is 9.69 Å². The molecule has 26 heavy (non-hydrogen) atoms. The van der Waals surface area contributed by atoms with Crippen molar-refractivity contribution in [2.24, 2.45) is 5.92 Å². The zero-order valence-electron chi connectivity index (χ0n) is 15.4. The first kappa shape index (κ1) is 17.1. The predicted octanol–water partition coefficient (Wildman–Crippen LogP) is 2.30. The summed E-state index contributed by atoms with van der Waals surface area (Å²) in [6.07, 6.45) is 4.11. The number of hydrogen-bond acceptors (Lipinski definition) is 5. The first-order valence-electron chi connectivity index (χ1n) is 9.21. The van der Waals surface area contributed by atoms with Crippen LogP contribution in [0.4, 0.5) is 0 Å². The van der Waals surface area contributed by atoms with Crippen molar-refractivity contribution < 1.29 is 9.47 Å². The molecule has 1 aliphatic heterocycles. The highest BCUT2D eigenvalue weighted by atomic mass is 16.5. The number of hydrogen-bond donors (Lipinski definition) is 1. The van der Waals surface area contributed by atoms with Gasteiger partial charge >= 0.3 is 0 Å². The third-order valence-corrected chi connectivity index (χ3v) is 5.29. The van der Waals surface area contributed by atoms with Crippen molar-refractivity contribution in [2.75, 3.05) is 20.8 Å². The summed E-state index contributed by atoms with van der Waals surface area (Å²) in [6.45, 7) is 2.21. The second-order valence-corrected chi connectivity index (χ2v) is 7.19. The number of nitrogens with zero attached hydrogens (tertiary/aromatic N) is 2. The van der Waals surface area contributed by atoms with Gasteiger partial charge in [0.25, 0.3) is 5.56 Å². The molecule has 0 radical (unpaired) electrons. The Bertz CT molecular complexity index is 836. The van der Waals surface area contributed by atoms with E-state index in [1.54, 1.807) is 14.2 Å². The van der Waals surface area contributed by atoms with E-state index in [0.29, 0.717) is 19.0 Å². The van der Waals surface area contributed by atoms with Crippen LogP contribution in [0.25, 0.3) is 0 Å². The van der Waals surface area contributed by atoms with E-state index in [9.17, 15) is 4.79 Å². The number of rotatable bonds is 6. The fourth-order valence-corrected chi connectivity index (χ4v) is 3.68. The van der Waals surface area contributed by atoms with E-state index in [2.05, 4.69) is 9.88 Å². The highest BCUT2D eigenvalue weighted by molar-refractivity contribution is 5.44. The molecule has 6 heteroatoms. The molecule has 6 nitrogen and oxygen atoms in total. The van der Waals surface area contributed by atoms with Gasteiger partial charge in [0.05, 0.1) is 25.5 Å². The monoisotopic (exact) mass is 355 g/mol. The molecule has 1 saturated carbocycles. The van der Waals surface area contributed by atoms with Gasteiger partial charge in [0.2, 0.25) is 0 Å². The minimum absolute atomic E-state index is 0.0418. The highest BCUT2D eigenvalue weighted by Gasteiger charge is 2.26. The summed E-state index contributed by atoms with van der Waals surface area (Å²) in [4.78, 5) is 22.5. The number of aromatic amines is 1. The smallest absolute Gasteiger partial charge is 0.254 e. The topological polar surface area (TPSA) is 67.5 Å². The van der Waals surface area contributed by atoms with Crippen LogP contribution in [0.1, 0.15) is 35.5 Å². The van der Waals surface area contributed by atoms with Gasteiger partial charge in [-0.05, 0) is 37.3 Å². The Morgan fingerprint density at radius 1 is 1.23 bits per heavy atom. The molecule has 0 unspecified atom stereocenters. The van der Waals surface area contributed by atoms with Crippen LogP contribution in [-0.4, -0.2) is 35.6 Å². The van der Waals surface area contributed by atoms with Crippen LogP contribution in [-0.2, 0) is 25.9 Å². The fraction of sp³-hybridized carbons (Fsp3) is 0.500. The van der Waals surface area contributed by atoms with Gasteiger partial charge in [0, 0.05) is 31.6 Å². The lowest BCUT2D eigenvalue weighted by atomic mass is 10.0. The fourth-order valence-electron chi connectivity index (χ4n) is 3.68. The molecular formula is C20H25N3O3. The van der Waals surface area contributed by atoms with Crippen molar-refractivity contribution in [1.82, 2.24) is 14.9 Å². The second kappa shape index (κ2) is 7.11. The van der Waals surface area contributed by atoms with Crippen molar-refractivity contribution in [3.8, 4) is 11.5 Å². The molecule has 1 fully saturated rings. The van der Waals surface area contributed by atoms with Crippen molar-refractivity contribution >= 4 is 0 Å². The van der Waals surface area contributed by atoms with Crippen LogP contribution in [0.3, 0.4) is 0 Å². The van der Waals surface area contributed by atoms with Crippen molar-refractivity contribution in [3.63, 3.8) is 0 Å². The van der Waals surface area contributed by atoms with E-state index in [1.165, 1.54) is 12.8 Å². The molecule has 2 aliphatic rings. The molecule has 0 spiro atoms. The van der Waals surface area contributed by atoms with E-state index < -0.39 is 0 Å².